The molecule has 2 heteroatoms. The minimum Gasteiger partial charge on any atom is -0.396 e. The summed E-state index contributed by atoms with van der Waals surface area (Å²) in [5.41, 5.74) is -0.651. The van der Waals surface area contributed by atoms with Gasteiger partial charge in [-0.1, -0.05) is 0 Å². The van der Waals surface area contributed by atoms with Crippen LogP contribution in [0, 0.1) is 18.3 Å². The van der Waals surface area contributed by atoms with Crippen molar-refractivity contribution >= 4 is 0 Å². The quantitative estimate of drug-likeness (QED) is 0.536. The number of hydrogen-bond donors (Lipinski definition) is 2. The minimum atomic E-state index is -0.651. The van der Waals surface area contributed by atoms with Crippen LogP contribution in [0.5, 0.6) is 0 Å². The maximum Gasteiger partial charge on any atom is 0.0763 e. The molecule has 0 unspecified atom stereocenters. The van der Waals surface area contributed by atoms with Crippen molar-refractivity contribution < 1.29 is 10.2 Å². The molecule has 1 saturated carbocycles. The molecule has 2 nitrogen and oxygen atoms in total. The van der Waals surface area contributed by atoms with E-state index in [0.29, 0.717) is 19.3 Å². The van der Waals surface area contributed by atoms with Gasteiger partial charge in [0.05, 0.1) is 5.60 Å². The summed E-state index contributed by atoms with van der Waals surface area (Å²) in [6.07, 6.45) is 6.78. The second kappa shape index (κ2) is 2.61. The lowest BCUT2D eigenvalue weighted by molar-refractivity contribution is -0.0829. The lowest BCUT2D eigenvalue weighted by Crippen LogP contribution is -2.44. The van der Waals surface area contributed by atoms with Crippen LogP contribution < -0.4 is 0 Å². The molecule has 56 valence electrons. The largest absolute Gasteiger partial charge is 0.396 e. The molecule has 10 heavy (non-hydrogen) atoms. The first-order chi connectivity index (χ1) is 4.70. The van der Waals surface area contributed by atoms with Crippen LogP contribution in [0.25, 0.3) is 0 Å². The Kier molecular flexibility index (Phi) is 1.98. The van der Waals surface area contributed by atoms with Gasteiger partial charge in [-0.25, -0.2) is 0 Å². The summed E-state index contributed by atoms with van der Waals surface area (Å²) in [5, 5.41) is 18.1. The van der Waals surface area contributed by atoms with Crippen molar-refractivity contribution in [2.24, 2.45) is 5.92 Å². The van der Waals surface area contributed by atoms with E-state index in [9.17, 15) is 5.11 Å². The Bertz CT molecular complexity index is 151. The third-order valence-electron chi connectivity index (χ3n) is 2.03. The predicted molar refractivity (Wildman–Crippen MR) is 38.2 cm³/mol. The van der Waals surface area contributed by atoms with Gasteiger partial charge in [0, 0.05) is 13.0 Å². The molecule has 1 aliphatic carbocycles. The van der Waals surface area contributed by atoms with Gasteiger partial charge in [-0.3, -0.25) is 0 Å². The molecule has 1 aliphatic rings. The summed E-state index contributed by atoms with van der Waals surface area (Å²) in [5.74, 6) is 2.70. The van der Waals surface area contributed by atoms with Crippen molar-refractivity contribution in [2.75, 3.05) is 6.61 Å². The smallest absolute Gasteiger partial charge is 0.0763 e. The highest BCUT2D eigenvalue weighted by atomic mass is 16.3. The molecule has 1 rings (SSSR count). The maximum atomic E-state index is 9.46. The van der Waals surface area contributed by atoms with E-state index in [-0.39, 0.29) is 12.5 Å². The highest BCUT2D eigenvalue weighted by Crippen LogP contribution is 2.39. The molecule has 0 saturated heterocycles. The van der Waals surface area contributed by atoms with Crippen molar-refractivity contribution in [3.8, 4) is 12.3 Å². The zero-order valence-corrected chi connectivity index (χ0v) is 5.88. The zero-order chi connectivity index (χ0) is 7.61. The SMILES string of the molecule is C#CC[C@]1(O)C[C@@H](CO)C1. The molecule has 0 amide bonds. The van der Waals surface area contributed by atoms with Crippen molar-refractivity contribution in [1.29, 1.82) is 0 Å². The van der Waals surface area contributed by atoms with Gasteiger partial charge in [0.15, 0.2) is 0 Å². The number of terminal acetylenes is 1. The fourth-order valence-electron chi connectivity index (χ4n) is 1.48. The molecule has 0 aromatic rings. The summed E-state index contributed by atoms with van der Waals surface area (Å²) < 4.78 is 0. The molecule has 2 N–H and O–H groups in total. The van der Waals surface area contributed by atoms with E-state index in [1.165, 1.54) is 0 Å². The Balaban J connectivity index is 2.29. The van der Waals surface area contributed by atoms with E-state index in [1.54, 1.807) is 0 Å². The van der Waals surface area contributed by atoms with E-state index < -0.39 is 5.60 Å². The average molecular weight is 140 g/mol. The van der Waals surface area contributed by atoms with Crippen LogP contribution in [-0.4, -0.2) is 22.4 Å². The van der Waals surface area contributed by atoms with Gasteiger partial charge in [0.1, 0.15) is 0 Å². The number of aliphatic hydroxyl groups is 2. The Hall–Kier alpha value is -0.520. The van der Waals surface area contributed by atoms with Gasteiger partial charge in [-0.2, -0.15) is 0 Å². The fourth-order valence-corrected chi connectivity index (χ4v) is 1.48. The normalized spacial score (nSPS) is 38.3. The van der Waals surface area contributed by atoms with Crippen molar-refractivity contribution in [3.05, 3.63) is 0 Å². The second-order valence-electron chi connectivity index (χ2n) is 3.06. The van der Waals surface area contributed by atoms with E-state index in [1.807, 2.05) is 0 Å². The van der Waals surface area contributed by atoms with Crippen molar-refractivity contribution in [3.63, 3.8) is 0 Å². The molecule has 1 fully saturated rings. The first-order valence-corrected chi connectivity index (χ1v) is 3.47. The van der Waals surface area contributed by atoms with Gasteiger partial charge in [-0.15, -0.1) is 12.3 Å². The topological polar surface area (TPSA) is 40.5 Å². The van der Waals surface area contributed by atoms with E-state index in [4.69, 9.17) is 11.5 Å². The molecule has 0 spiro atoms. The first-order valence-electron chi connectivity index (χ1n) is 3.47. The van der Waals surface area contributed by atoms with Crippen LogP contribution in [0.15, 0.2) is 0 Å². The molecule has 0 radical (unpaired) electrons. The Morgan fingerprint density at radius 1 is 1.60 bits per heavy atom. The van der Waals surface area contributed by atoms with Crippen LogP contribution in [0.4, 0.5) is 0 Å². The van der Waals surface area contributed by atoms with Gasteiger partial charge < -0.3 is 10.2 Å². The first kappa shape index (κ1) is 7.59. The molecule has 0 bridgehead atoms. The van der Waals surface area contributed by atoms with Crippen LogP contribution in [0.2, 0.25) is 0 Å². The number of rotatable bonds is 2. The van der Waals surface area contributed by atoms with Crippen molar-refractivity contribution in [2.45, 2.75) is 24.9 Å². The van der Waals surface area contributed by atoms with Crippen LogP contribution in [0.1, 0.15) is 19.3 Å². The van der Waals surface area contributed by atoms with E-state index in [2.05, 4.69) is 5.92 Å². The highest BCUT2D eigenvalue weighted by molar-refractivity contribution is 5.02. The number of hydrogen-bond acceptors (Lipinski definition) is 2. The Morgan fingerprint density at radius 2 is 2.20 bits per heavy atom. The minimum absolute atomic E-state index is 0.173. The van der Waals surface area contributed by atoms with Gasteiger partial charge in [0.25, 0.3) is 0 Å². The third-order valence-corrected chi connectivity index (χ3v) is 2.03. The van der Waals surface area contributed by atoms with Gasteiger partial charge in [-0.05, 0) is 18.8 Å². The monoisotopic (exact) mass is 140 g/mol. The lowest BCUT2D eigenvalue weighted by atomic mass is 9.70. The van der Waals surface area contributed by atoms with Crippen LogP contribution in [-0.2, 0) is 0 Å². The highest BCUT2D eigenvalue weighted by Gasteiger charge is 2.41. The molecule has 0 atom stereocenters. The van der Waals surface area contributed by atoms with Crippen molar-refractivity contribution in [1.82, 2.24) is 0 Å². The van der Waals surface area contributed by atoms with Crippen LogP contribution in [0.3, 0.4) is 0 Å². The summed E-state index contributed by atoms with van der Waals surface area (Å²) in [6.45, 7) is 0.173. The molecule has 0 aromatic heterocycles. The molecule has 0 aliphatic heterocycles. The Morgan fingerprint density at radius 3 is 2.60 bits per heavy atom. The zero-order valence-electron chi connectivity index (χ0n) is 5.88. The summed E-state index contributed by atoms with van der Waals surface area (Å²) >= 11 is 0. The predicted octanol–water partition coefficient (Wildman–Crippen LogP) is 0.143. The summed E-state index contributed by atoms with van der Waals surface area (Å²) in [6, 6.07) is 0. The number of aliphatic hydroxyl groups excluding tert-OH is 1. The van der Waals surface area contributed by atoms with Gasteiger partial charge in [0.2, 0.25) is 0 Å². The van der Waals surface area contributed by atoms with Crippen LogP contribution >= 0.6 is 0 Å². The third kappa shape index (κ3) is 1.31. The Labute approximate surface area is 60.9 Å². The standard InChI is InChI=1S/C8H12O2/c1-2-3-8(10)4-7(5-8)6-9/h1,7,9-10H,3-6H2/t7-,8+. The second-order valence-corrected chi connectivity index (χ2v) is 3.06. The average Bonchev–Trinajstić information content (AvgIpc) is 1.83. The molecular formula is C8H12O2. The lowest BCUT2D eigenvalue weighted by Gasteiger charge is -2.41. The van der Waals surface area contributed by atoms with E-state index in [0.717, 1.165) is 0 Å². The molecule has 0 heterocycles. The summed E-state index contributed by atoms with van der Waals surface area (Å²) in [7, 11) is 0. The summed E-state index contributed by atoms with van der Waals surface area (Å²) in [4.78, 5) is 0. The maximum absolute atomic E-state index is 9.46. The van der Waals surface area contributed by atoms with Gasteiger partial charge >= 0.3 is 0 Å². The molecular weight excluding hydrogens is 128 g/mol. The fraction of sp³-hybridized carbons (Fsp3) is 0.750. The molecule has 0 aromatic carbocycles. The van der Waals surface area contributed by atoms with E-state index >= 15 is 0 Å².